The molecule has 3 aliphatic rings. The first-order valence-corrected chi connectivity index (χ1v) is 15.2. The first kappa shape index (κ1) is 27.5. The number of fused-ring (bicyclic) bond motifs is 1. The van der Waals surface area contributed by atoms with Crippen molar-refractivity contribution >= 4 is 28.6 Å². The molecule has 0 amide bonds. The fourth-order valence-electron chi connectivity index (χ4n) is 6.52. The van der Waals surface area contributed by atoms with E-state index in [-0.39, 0.29) is 17.6 Å². The summed E-state index contributed by atoms with van der Waals surface area (Å²) in [5.74, 6) is 1.48. The average molecular weight is 591 g/mol. The minimum Gasteiger partial charge on any atom is -0.381 e. The highest BCUT2D eigenvalue weighted by Crippen LogP contribution is 2.33. The van der Waals surface area contributed by atoms with Crippen LogP contribution in [0.3, 0.4) is 0 Å². The zero-order valence-corrected chi connectivity index (χ0v) is 24.4. The highest BCUT2D eigenvalue weighted by atomic mass is 35.5. The predicted octanol–water partition coefficient (Wildman–Crippen LogP) is 4.06. The van der Waals surface area contributed by atoms with Gasteiger partial charge < -0.3 is 19.9 Å². The quantitative estimate of drug-likeness (QED) is 0.340. The maximum atomic E-state index is 14.4. The molecule has 7 rings (SSSR count). The van der Waals surface area contributed by atoms with Gasteiger partial charge in [-0.05, 0) is 57.3 Å². The lowest BCUT2D eigenvalue weighted by Gasteiger charge is -2.31. The van der Waals surface area contributed by atoms with E-state index in [1.165, 1.54) is 0 Å². The smallest absolute Gasteiger partial charge is 0.260 e. The van der Waals surface area contributed by atoms with Crippen molar-refractivity contribution in [2.45, 2.75) is 57.2 Å². The van der Waals surface area contributed by atoms with Crippen LogP contribution in [0.1, 0.15) is 44.0 Å². The van der Waals surface area contributed by atoms with Crippen molar-refractivity contribution in [3.63, 3.8) is 0 Å². The van der Waals surface area contributed by atoms with Crippen LogP contribution in [0.25, 0.3) is 33.5 Å². The van der Waals surface area contributed by atoms with Gasteiger partial charge in [-0.3, -0.25) is 14.3 Å². The van der Waals surface area contributed by atoms with Gasteiger partial charge in [0.15, 0.2) is 0 Å². The Morgan fingerprint density at radius 2 is 1.86 bits per heavy atom. The molecule has 1 unspecified atom stereocenters. The van der Waals surface area contributed by atoms with Crippen molar-refractivity contribution in [2.75, 3.05) is 44.7 Å². The average Bonchev–Trinajstić information content (AvgIpc) is 3.68. The Balaban J connectivity index is 1.29. The molecule has 1 aromatic carbocycles. The fourth-order valence-corrected chi connectivity index (χ4v) is 6.80. The molecule has 1 atom stereocenters. The van der Waals surface area contributed by atoms with Crippen LogP contribution in [0.4, 0.5) is 5.95 Å². The normalized spacial score (nSPS) is 20.9. The number of nitrogens with one attached hydrogen (secondary N) is 2. The summed E-state index contributed by atoms with van der Waals surface area (Å²) in [4.78, 5) is 30.8. The van der Waals surface area contributed by atoms with Crippen LogP contribution in [0.2, 0.25) is 5.02 Å². The van der Waals surface area contributed by atoms with Gasteiger partial charge in [0.05, 0.1) is 6.04 Å². The van der Waals surface area contributed by atoms with Crippen LogP contribution in [0, 0.1) is 6.92 Å². The van der Waals surface area contributed by atoms with Crippen LogP contribution < -0.4 is 16.2 Å². The van der Waals surface area contributed by atoms with Gasteiger partial charge in [-0.25, -0.2) is 4.98 Å². The lowest BCUT2D eigenvalue weighted by molar-refractivity contribution is 0.0903. The molecule has 3 aromatic heterocycles. The molecule has 0 bridgehead atoms. The van der Waals surface area contributed by atoms with Crippen molar-refractivity contribution in [1.29, 1.82) is 0 Å². The summed E-state index contributed by atoms with van der Waals surface area (Å²) >= 11 is 6.81. The minimum atomic E-state index is -0.0968. The highest BCUT2D eigenvalue weighted by Gasteiger charge is 2.32. The lowest BCUT2D eigenvalue weighted by atomic mass is 10.0. The standard InChI is InChI=1S/C30H35ClN8O3/c1-18-34-27(37-42-18)19-2-3-24(26(31)15-19)25-14-20-16-33-30(35-21-7-12-41-13-8-21)36-28(20)39(29(25)40)23-6-11-38(17-23)22-4-9-32-10-5-22/h2-3,14-16,21-23,32H,4-13,17H2,1H3,(H,33,35,36). The number of anilines is 1. The topological polar surface area (TPSA) is 123 Å². The van der Waals surface area contributed by atoms with Crippen LogP contribution in [0.15, 0.2) is 39.8 Å². The third-order valence-electron chi connectivity index (χ3n) is 8.76. The van der Waals surface area contributed by atoms with Crippen LogP contribution in [-0.2, 0) is 4.74 Å². The molecule has 3 saturated heterocycles. The number of pyridine rings is 1. The van der Waals surface area contributed by atoms with Gasteiger partial charge in [0, 0.05) is 78.6 Å². The van der Waals surface area contributed by atoms with E-state index in [1.807, 2.05) is 29.0 Å². The van der Waals surface area contributed by atoms with Crippen molar-refractivity contribution in [3.05, 3.63) is 51.7 Å². The predicted molar refractivity (Wildman–Crippen MR) is 161 cm³/mol. The van der Waals surface area contributed by atoms with Gasteiger partial charge in [-0.1, -0.05) is 28.9 Å². The second kappa shape index (κ2) is 11.7. The Labute approximate surface area is 248 Å². The second-order valence-electron chi connectivity index (χ2n) is 11.5. The van der Waals surface area contributed by atoms with Gasteiger partial charge in [0.1, 0.15) is 5.65 Å². The van der Waals surface area contributed by atoms with E-state index >= 15 is 0 Å². The number of piperidine rings is 1. The van der Waals surface area contributed by atoms with Crippen LogP contribution >= 0.6 is 11.6 Å². The molecule has 12 heteroatoms. The molecular formula is C30H35ClN8O3. The Bertz CT molecular complexity index is 1640. The molecule has 0 aliphatic carbocycles. The maximum absolute atomic E-state index is 14.4. The van der Waals surface area contributed by atoms with Crippen molar-refractivity contribution in [1.82, 2.24) is 34.9 Å². The molecule has 42 heavy (non-hydrogen) atoms. The maximum Gasteiger partial charge on any atom is 0.260 e. The minimum absolute atomic E-state index is 0.000945. The number of likely N-dealkylation sites (tertiary alicyclic amines) is 1. The Morgan fingerprint density at radius 1 is 1.02 bits per heavy atom. The Hall–Kier alpha value is -3.38. The van der Waals surface area contributed by atoms with E-state index < -0.39 is 0 Å². The number of hydrogen-bond donors (Lipinski definition) is 2. The number of hydrogen-bond acceptors (Lipinski definition) is 10. The number of benzene rings is 1. The summed E-state index contributed by atoms with van der Waals surface area (Å²) in [7, 11) is 0. The molecule has 3 aliphatic heterocycles. The van der Waals surface area contributed by atoms with Crippen LogP contribution in [0.5, 0.6) is 0 Å². The molecule has 0 saturated carbocycles. The zero-order valence-electron chi connectivity index (χ0n) is 23.7. The van der Waals surface area contributed by atoms with E-state index in [4.69, 9.17) is 25.8 Å². The van der Waals surface area contributed by atoms with Crippen LogP contribution in [-0.4, -0.2) is 81.1 Å². The summed E-state index contributed by atoms with van der Waals surface area (Å²) in [6.07, 6.45) is 6.77. The number of rotatable bonds is 6. The lowest BCUT2D eigenvalue weighted by Crippen LogP contribution is -2.42. The fraction of sp³-hybridized carbons (Fsp3) is 0.500. The molecule has 4 aromatic rings. The molecule has 11 nitrogen and oxygen atoms in total. The summed E-state index contributed by atoms with van der Waals surface area (Å²) in [5.41, 5.74) is 2.46. The van der Waals surface area contributed by atoms with E-state index in [9.17, 15) is 4.79 Å². The number of aryl methyl sites for hydroxylation is 1. The van der Waals surface area contributed by atoms with Crippen molar-refractivity contribution in [2.24, 2.45) is 0 Å². The number of halogens is 1. The Kier molecular flexibility index (Phi) is 7.66. The monoisotopic (exact) mass is 590 g/mol. The summed E-state index contributed by atoms with van der Waals surface area (Å²) in [6, 6.07) is 8.16. The third kappa shape index (κ3) is 5.42. The molecule has 0 radical (unpaired) electrons. The third-order valence-corrected chi connectivity index (χ3v) is 9.07. The summed E-state index contributed by atoms with van der Waals surface area (Å²) < 4.78 is 12.5. The van der Waals surface area contributed by atoms with Gasteiger partial charge in [0.25, 0.3) is 5.56 Å². The Morgan fingerprint density at radius 3 is 2.62 bits per heavy atom. The van der Waals surface area contributed by atoms with Gasteiger partial charge >= 0.3 is 0 Å². The van der Waals surface area contributed by atoms with E-state index in [0.717, 1.165) is 82.4 Å². The molecule has 0 spiro atoms. The highest BCUT2D eigenvalue weighted by molar-refractivity contribution is 6.33. The van der Waals surface area contributed by atoms with Crippen molar-refractivity contribution in [3.8, 4) is 22.5 Å². The van der Waals surface area contributed by atoms with Crippen molar-refractivity contribution < 1.29 is 9.26 Å². The van der Waals surface area contributed by atoms with E-state index in [0.29, 0.717) is 45.5 Å². The van der Waals surface area contributed by atoms with Gasteiger partial charge in [-0.15, -0.1) is 0 Å². The SMILES string of the molecule is Cc1nc(-c2ccc(-c3cc4cnc(NC5CCOCC5)nc4n(C4CCN(C5CCNCC5)C4)c3=O)c(Cl)c2)no1. The van der Waals surface area contributed by atoms with Gasteiger partial charge in [0.2, 0.25) is 17.7 Å². The largest absolute Gasteiger partial charge is 0.381 e. The number of nitrogens with zero attached hydrogens (tertiary/aromatic N) is 6. The van der Waals surface area contributed by atoms with E-state index in [2.05, 4.69) is 30.7 Å². The zero-order chi connectivity index (χ0) is 28.6. The first-order valence-electron chi connectivity index (χ1n) is 14.9. The molecule has 3 fully saturated rings. The van der Waals surface area contributed by atoms with Gasteiger partial charge in [-0.2, -0.15) is 9.97 Å². The molecule has 2 N–H and O–H groups in total. The number of aromatic nitrogens is 5. The van der Waals surface area contributed by atoms with E-state index in [1.54, 1.807) is 13.0 Å². The summed E-state index contributed by atoms with van der Waals surface area (Å²) in [6.45, 7) is 7.05. The number of ether oxygens (including phenoxy) is 1. The molecule has 6 heterocycles. The molecular weight excluding hydrogens is 556 g/mol. The summed E-state index contributed by atoms with van der Waals surface area (Å²) in [5, 5.41) is 12.2. The second-order valence-corrected chi connectivity index (χ2v) is 11.9. The first-order chi connectivity index (χ1) is 20.5. The molecule has 220 valence electrons.